The lowest BCUT2D eigenvalue weighted by atomic mass is 10.2. The Kier molecular flexibility index (Phi) is 4.73. The summed E-state index contributed by atoms with van der Waals surface area (Å²) in [6.45, 7) is -0.0536. The van der Waals surface area contributed by atoms with E-state index in [-0.39, 0.29) is 24.0 Å². The number of anilines is 1. The number of nitrogens with zero attached hydrogens (tertiary/aromatic N) is 5. The maximum atomic E-state index is 12.4. The van der Waals surface area contributed by atoms with E-state index in [0.717, 1.165) is 5.52 Å². The van der Waals surface area contributed by atoms with Gasteiger partial charge in [0.25, 0.3) is 5.91 Å². The van der Waals surface area contributed by atoms with Gasteiger partial charge < -0.3 is 10.3 Å². The molecule has 140 valence electrons. The van der Waals surface area contributed by atoms with Crippen LogP contribution in [0.15, 0.2) is 58.3 Å². The number of amides is 1. The summed E-state index contributed by atoms with van der Waals surface area (Å²) in [7, 11) is 0. The molecule has 0 bridgehead atoms. The number of aromatic nitrogens is 4. The monoisotopic (exact) mass is 395 g/mol. The van der Waals surface area contributed by atoms with E-state index in [0.29, 0.717) is 21.9 Å². The number of rotatable bonds is 5. The fourth-order valence-corrected chi connectivity index (χ4v) is 2.88. The largest absolute Gasteiger partial charge is 0.379 e. The second-order valence-electron chi connectivity index (χ2n) is 5.82. The number of halogens is 1. The van der Waals surface area contributed by atoms with Crippen molar-refractivity contribution in [1.29, 1.82) is 0 Å². The number of carbonyl (C=O) groups is 1. The molecule has 0 saturated carbocycles. The average molecular weight is 396 g/mol. The zero-order valence-corrected chi connectivity index (χ0v) is 15.2. The second kappa shape index (κ2) is 7.49. The number of nitrogens with one attached hydrogen (secondary N) is 1. The molecule has 1 amide bonds. The van der Waals surface area contributed by atoms with Crippen LogP contribution in [-0.4, -0.2) is 32.0 Å². The Bertz CT molecular complexity index is 1180. The number of benzene rings is 2. The highest BCUT2D eigenvalue weighted by molar-refractivity contribution is 6.33. The summed E-state index contributed by atoms with van der Waals surface area (Å²) in [6.07, 6.45) is 1.48. The third-order valence-corrected chi connectivity index (χ3v) is 4.32. The molecule has 28 heavy (non-hydrogen) atoms. The van der Waals surface area contributed by atoms with Crippen LogP contribution in [0.25, 0.3) is 22.6 Å². The van der Waals surface area contributed by atoms with Crippen LogP contribution >= 0.6 is 11.6 Å². The van der Waals surface area contributed by atoms with Crippen molar-refractivity contribution in [3.8, 4) is 11.5 Å². The molecule has 4 aromatic rings. The molecule has 0 aliphatic carbocycles. The van der Waals surface area contributed by atoms with Crippen LogP contribution in [0.4, 0.5) is 5.82 Å². The molecular formula is C18H14ClN7O2. The summed E-state index contributed by atoms with van der Waals surface area (Å²) < 4.78 is 6.34. The quantitative estimate of drug-likeness (QED) is 0.395. The Hall–Kier alpha value is -3.72. The number of imidazole rings is 1. The first-order chi connectivity index (χ1) is 13.6. The van der Waals surface area contributed by atoms with Crippen molar-refractivity contribution in [3.63, 3.8) is 0 Å². The number of hydrogen-bond donors (Lipinski definition) is 2. The number of para-hydroxylation sites is 2. The van der Waals surface area contributed by atoms with E-state index in [1.165, 1.54) is 6.21 Å². The Morgan fingerprint density at radius 1 is 1.21 bits per heavy atom. The van der Waals surface area contributed by atoms with E-state index in [1.54, 1.807) is 16.7 Å². The van der Waals surface area contributed by atoms with Crippen molar-refractivity contribution in [2.75, 3.05) is 5.73 Å². The lowest BCUT2D eigenvalue weighted by Crippen LogP contribution is -2.23. The molecule has 4 rings (SSSR count). The molecule has 0 fully saturated rings. The molecule has 3 N–H and O–H groups in total. The van der Waals surface area contributed by atoms with Crippen molar-refractivity contribution in [2.24, 2.45) is 5.10 Å². The van der Waals surface area contributed by atoms with Gasteiger partial charge in [-0.1, -0.05) is 41.9 Å². The zero-order chi connectivity index (χ0) is 19.5. The van der Waals surface area contributed by atoms with Crippen molar-refractivity contribution < 1.29 is 9.42 Å². The lowest BCUT2D eigenvalue weighted by Gasteiger charge is -2.06. The standard InChI is InChI=1S/C18H14ClN7O2/c19-12-6-2-1-5-11(12)9-21-23-15(27)10-26-14-8-4-3-7-13(14)22-18(26)16-17(20)25-28-24-16/h1-9H,10H2,(H2,20,25)(H,23,27)/b21-9-. The van der Waals surface area contributed by atoms with Crippen molar-refractivity contribution in [2.45, 2.75) is 6.54 Å². The number of hydrazone groups is 1. The summed E-state index contributed by atoms with van der Waals surface area (Å²) in [6, 6.07) is 14.5. The molecule has 0 saturated heterocycles. The van der Waals surface area contributed by atoms with E-state index >= 15 is 0 Å². The van der Waals surface area contributed by atoms with E-state index in [2.05, 4.69) is 30.5 Å². The molecule has 0 atom stereocenters. The number of nitrogen functional groups attached to an aromatic ring is 1. The van der Waals surface area contributed by atoms with Gasteiger partial charge in [-0.25, -0.2) is 15.0 Å². The maximum Gasteiger partial charge on any atom is 0.260 e. The van der Waals surface area contributed by atoms with Crippen LogP contribution < -0.4 is 11.2 Å². The summed E-state index contributed by atoms with van der Waals surface area (Å²) in [5.74, 6) is 0.113. The molecule has 2 heterocycles. The van der Waals surface area contributed by atoms with Crippen molar-refractivity contribution in [3.05, 3.63) is 59.1 Å². The Morgan fingerprint density at radius 2 is 2.00 bits per heavy atom. The fourth-order valence-electron chi connectivity index (χ4n) is 2.70. The van der Waals surface area contributed by atoms with Crippen molar-refractivity contribution in [1.82, 2.24) is 25.3 Å². The zero-order valence-electron chi connectivity index (χ0n) is 14.4. The highest BCUT2D eigenvalue weighted by atomic mass is 35.5. The normalized spacial score (nSPS) is 11.3. The second-order valence-corrected chi connectivity index (χ2v) is 6.23. The molecule has 10 heteroatoms. The molecule has 2 aromatic carbocycles. The predicted octanol–water partition coefficient (Wildman–Crippen LogP) is 2.47. The topological polar surface area (TPSA) is 124 Å². The summed E-state index contributed by atoms with van der Waals surface area (Å²) in [4.78, 5) is 16.9. The van der Waals surface area contributed by atoms with Gasteiger partial charge in [-0.05, 0) is 28.5 Å². The minimum atomic E-state index is -0.359. The highest BCUT2D eigenvalue weighted by Crippen LogP contribution is 2.26. The van der Waals surface area contributed by atoms with Gasteiger partial charge in [-0.3, -0.25) is 4.79 Å². The summed E-state index contributed by atoms with van der Waals surface area (Å²) in [5, 5.41) is 11.9. The van der Waals surface area contributed by atoms with Crippen LogP contribution in [-0.2, 0) is 11.3 Å². The van der Waals surface area contributed by atoms with Gasteiger partial charge in [0.05, 0.1) is 17.2 Å². The van der Waals surface area contributed by atoms with E-state index in [4.69, 9.17) is 17.3 Å². The number of hydrogen-bond acceptors (Lipinski definition) is 7. The number of nitrogens with two attached hydrogens (primary N) is 1. The molecule has 9 nitrogen and oxygen atoms in total. The average Bonchev–Trinajstić information content (AvgIpc) is 3.27. The van der Waals surface area contributed by atoms with Gasteiger partial charge in [0.1, 0.15) is 6.54 Å². The van der Waals surface area contributed by atoms with Crippen LogP contribution in [0.5, 0.6) is 0 Å². The first kappa shape index (κ1) is 17.7. The smallest absolute Gasteiger partial charge is 0.260 e. The minimum Gasteiger partial charge on any atom is -0.379 e. The third-order valence-electron chi connectivity index (χ3n) is 3.98. The first-order valence-corrected chi connectivity index (χ1v) is 8.61. The van der Waals surface area contributed by atoms with Crippen LogP contribution in [0.2, 0.25) is 5.02 Å². The molecule has 2 aromatic heterocycles. The van der Waals surface area contributed by atoms with Gasteiger partial charge in [0, 0.05) is 10.6 Å². The van der Waals surface area contributed by atoms with E-state index in [1.807, 2.05) is 36.4 Å². The van der Waals surface area contributed by atoms with Crippen molar-refractivity contribution >= 4 is 40.6 Å². The summed E-state index contributed by atoms with van der Waals surface area (Å²) >= 11 is 6.06. The molecule has 0 unspecified atom stereocenters. The van der Waals surface area contributed by atoms with Gasteiger partial charge in [0.2, 0.25) is 0 Å². The molecule has 0 aliphatic heterocycles. The van der Waals surface area contributed by atoms with Gasteiger partial charge in [-0.15, -0.1) is 0 Å². The SMILES string of the molecule is Nc1nonc1-c1nc2ccccc2n1CC(=O)N/N=C\c1ccccc1Cl. The molecule has 0 spiro atoms. The van der Waals surface area contributed by atoms with Gasteiger partial charge in [0.15, 0.2) is 17.3 Å². The molecular weight excluding hydrogens is 382 g/mol. The lowest BCUT2D eigenvalue weighted by molar-refractivity contribution is -0.121. The molecule has 0 aliphatic rings. The Labute approximate surface area is 163 Å². The number of fused-ring (bicyclic) bond motifs is 1. The first-order valence-electron chi connectivity index (χ1n) is 8.23. The number of carbonyl (C=O) groups excluding carboxylic acids is 1. The van der Waals surface area contributed by atoms with Gasteiger partial charge >= 0.3 is 0 Å². The van der Waals surface area contributed by atoms with Crippen LogP contribution in [0, 0.1) is 0 Å². The Morgan fingerprint density at radius 3 is 2.79 bits per heavy atom. The Balaban J connectivity index is 1.60. The summed E-state index contributed by atoms with van der Waals surface area (Å²) in [5.41, 5.74) is 10.7. The minimum absolute atomic E-state index is 0.0536. The highest BCUT2D eigenvalue weighted by Gasteiger charge is 2.20. The van der Waals surface area contributed by atoms with E-state index in [9.17, 15) is 4.79 Å². The van der Waals surface area contributed by atoms with Gasteiger partial charge in [-0.2, -0.15) is 5.10 Å². The maximum absolute atomic E-state index is 12.4. The third kappa shape index (κ3) is 3.42. The predicted molar refractivity (Wildman–Crippen MR) is 105 cm³/mol. The molecule has 0 radical (unpaired) electrons. The van der Waals surface area contributed by atoms with Crippen LogP contribution in [0.1, 0.15) is 5.56 Å². The fraction of sp³-hybridized carbons (Fsp3) is 0.0556. The van der Waals surface area contributed by atoms with Crippen LogP contribution in [0.3, 0.4) is 0 Å². The van der Waals surface area contributed by atoms with E-state index < -0.39 is 0 Å².